The van der Waals surface area contributed by atoms with Crippen molar-refractivity contribution in [2.75, 3.05) is 16.8 Å². The molecule has 0 atom stereocenters. The number of rotatable bonds is 6. The van der Waals surface area contributed by atoms with E-state index in [0.29, 0.717) is 17.0 Å². The van der Waals surface area contributed by atoms with Gasteiger partial charge in [0.25, 0.3) is 17.7 Å². The predicted octanol–water partition coefficient (Wildman–Crippen LogP) is 4.99. The zero-order valence-corrected chi connectivity index (χ0v) is 20.4. The van der Waals surface area contributed by atoms with Crippen LogP contribution >= 0.6 is 23.2 Å². The van der Waals surface area contributed by atoms with Crippen LogP contribution in [0.15, 0.2) is 72.3 Å². The molecule has 182 valence electrons. The Balaban J connectivity index is 1.49. The zero-order valence-electron chi connectivity index (χ0n) is 18.9. The molecule has 0 aliphatic carbocycles. The summed E-state index contributed by atoms with van der Waals surface area (Å²) in [5.41, 5.74) is 2.06. The van der Waals surface area contributed by atoms with Gasteiger partial charge in [0.2, 0.25) is 0 Å². The second kappa shape index (κ2) is 10.6. The van der Waals surface area contributed by atoms with E-state index < -0.39 is 17.8 Å². The summed E-state index contributed by atoms with van der Waals surface area (Å²) in [4.78, 5) is 50.9. The second-order valence-electron chi connectivity index (χ2n) is 7.83. The first kappa shape index (κ1) is 25.0. The van der Waals surface area contributed by atoms with Crippen molar-refractivity contribution in [2.24, 2.45) is 0 Å². The number of nitrogens with zero attached hydrogens (tertiary/aromatic N) is 1. The first-order chi connectivity index (χ1) is 17.2. The number of halogens is 2. The Kier molecular flexibility index (Phi) is 7.38. The van der Waals surface area contributed by atoms with Crippen LogP contribution in [0.25, 0.3) is 6.08 Å². The number of ether oxygens (including phenoxy) is 1. The Labute approximate surface area is 216 Å². The average Bonchev–Trinajstić information content (AvgIpc) is 2.84. The Morgan fingerprint density at radius 1 is 1.00 bits per heavy atom. The molecule has 4 rings (SSSR count). The minimum atomic E-state index is -0.905. The lowest BCUT2D eigenvalue weighted by molar-refractivity contribution is -0.122. The van der Waals surface area contributed by atoms with Gasteiger partial charge in [0.15, 0.2) is 6.61 Å². The number of benzene rings is 3. The van der Waals surface area contributed by atoms with Gasteiger partial charge in [-0.05, 0) is 61.0 Å². The number of urea groups is 1. The molecule has 0 aromatic heterocycles. The summed E-state index contributed by atoms with van der Waals surface area (Å²) in [6.07, 6.45) is 1.33. The smallest absolute Gasteiger partial charge is 0.335 e. The highest BCUT2D eigenvalue weighted by atomic mass is 35.5. The summed E-state index contributed by atoms with van der Waals surface area (Å²) in [6.45, 7) is 1.71. The number of amides is 5. The highest BCUT2D eigenvalue weighted by molar-refractivity contribution is 6.43. The lowest BCUT2D eigenvalue weighted by atomic mass is 10.1. The largest absolute Gasteiger partial charge is 0.484 e. The molecule has 8 nitrogen and oxygen atoms in total. The molecule has 1 heterocycles. The summed E-state index contributed by atoms with van der Waals surface area (Å²) >= 11 is 11.9. The lowest BCUT2D eigenvalue weighted by Crippen LogP contribution is -2.54. The van der Waals surface area contributed by atoms with Gasteiger partial charge >= 0.3 is 6.03 Å². The highest BCUT2D eigenvalue weighted by Gasteiger charge is 2.37. The van der Waals surface area contributed by atoms with Gasteiger partial charge in [0.1, 0.15) is 11.3 Å². The van der Waals surface area contributed by atoms with Crippen LogP contribution in [0, 0.1) is 6.92 Å². The van der Waals surface area contributed by atoms with E-state index in [1.165, 1.54) is 24.3 Å². The van der Waals surface area contributed by atoms with Crippen molar-refractivity contribution in [2.45, 2.75) is 6.92 Å². The molecule has 0 unspecified atom stereocenters. The molecule has 10 heteroatoms. The SMILES string of the molecule is Cc1ccc(NC(=O)COc2cccc(/C=C3/C(=O)NC(=O)N(c4ccc(Cl)c(Cl)c4)C3=O)c2)cc1. The van der Waals surface area contributed by atoms with E-state index >= 15 is 0 Å². The van der Waals surface area contributed by atoms with Gasteiger partial charge in [-0.25, -0.2) is 9.69 Å². The molecular formula is C26H19Cl2N3O5. The lowest BCUT2D eigenvalue weighted by Gasteiger charge is -2.26. The van der Waals surface area contributed by atoms with Gasteiger partial charge in [-0.3, -0.25) is 19.7 Å². The fourth-order valence-corrected chi connectivity index (χ4v) is 3.65. The number of aryl methyl sites for hydroxylation is 1. The first-order valence-electron chi connectivity index (χ1n) is 10.7. The van der Waals surface area contributed by atoms with Crippen LogP contribution in [0.5, 0.6) is 5.75 Å². The molecule has 1 aliphatic heterocycles. The number of barbiturate groups is 1. The van der Waals surface area contributed by atoms with Crippen molar-refractivity contribution in [3.05, 3.63) is 93.5 Å². The summed E-state index contributed by atoms with van der Waals surface area (Å²) in [5.74, 6) is -1.67. The number of hydrogen-bond acceptors (Lipinski definition) is 5. The predicted molar refractivity (Wildman–Crippen MR) is 137 cm³/mol. The number of anilines is 2. The molecule has 1 saturated heterocycles. The molecule has 2 N–H and O–H groups in total. The van der Waals surface area contributed by atoms with E-state index in [0.717, 1.165) is 10.5 Å². The van der Waals surface area contributed by atoms with Crippen molar-refractivity contribution in [3.8, 4) is 5.75 Å². The standard InChI is InChI=1S/C26H19Cl2N3O5/c1-15-5-7-17(8-6-15)29-23(32)14-36-19-4-2-3-16(11-19)12-20-24(33)30-26(35)31(25(20)34)18-9-10-21(27)22(28)13-18/h2-13H,14H2,1H3,(H,29,32)(H,30,33,35)/b20-12-. The number of carbonyl (C=O) groups is 4. The third kappa shape index (κ3) is 5.73. The van der Waals surface area contributed by atoms with Gasteiger partial charge in [0.05, 0.1) is 15.7 Å². The van der Waals surface area contributed by atoms with E-state index in [1.54, 1.807) is 36.4 Å². The van der Waals surface area contributed by atoms with Gasteiger partial charge in [-0.15, -0.1) is 0 Å². The summed E-state index contributed by atoms with van der Waals surface area (Å²) in [6, 6.07) is 17.2. The molecule has 3 aromatic rings. The highest BCUT2D eigenvalue weighted by Crippen LogP contribution is 2.29. The van der Waals surface area contributed by atoms with E-state index in [-0.39, 0.29) is 33.8 Å². The van der Waals surface area contributed by atoms with Crippen molar-refractivity contribution >= 4 is 64.4 Å². The summed E-state index contributed by atoms with van der Waals surface area (Å²) in [7, 11) is 0. The van der Waals surface area contributed by atoms with E-state index in [1.807, 2.05) is 19.1 Å². The fourth-order valence-electron chi connectivity index (χ4n) is 3.36. The molecule has 36 heavy (non-hydrogen) atoms. The fraction of sp³-hybridized carbons (Fsp3) is 0.0769. The van der Waals surface area contributed by atoms with Crippen LogP contribution < -0.4 is 20.3 Å². The molecule has 3 aromatic carbocycles. The molecule has 1 fully saturated rings. The van der Waals surface area contributed by atoms with Crippen LogP contribution in [0.1, 0.15) is 11.1 Å². The van der Waals surface area contributed by atoms with Crippen molar-refractivity contribution in [1.82, 2.24) is 5.32 Å². The van der Waals surface area contributed by atoms with Gasteiger partial charge in [-0.1, -0.05) is 53.0 Å². The number of nitrogens with one attached hydrogen (secondary N) is 2. The van der Waals surface area contributed by atoms with Crippen LogP contribution in [0.4, 0.5) is 16.2 Å². The van der Waals surface area contributed by atoms with E-state index in [2.05, 4.69) is 10.6 Å². The van der Waals surface area contributed by atoms with Crippen molar-refractivity contribution < 1.29 is 23.9 Å². The van der Waals surface area contributed by atoms with E-state index in [9.17, 15) is 19.2 Å². The molecular weight excluding hydrogens is 505 g/mol. The Bertz CT molecular complexity index is 1400. The Morgan fingerprint density at radius 2 is 1.75 bits per heavy atom. The zero-order chi connectivity index (χ0) is 25.8. The minimum absolute atomic E-state index is 0.147. The summed E-state index contributed by atoms with van der Waals surface area (Å²) in [5, 5.41) is 5.28. The monoisotopic (exact) mass is 523 g/mol. The van der Waals surface area contributed by atoms with Gasteiger partial charge < -0.3 is 10.1 Å². The van der Waals surface area contributed by atoms with Crippen molar-refractivity contribution in [1.29, 1.82) is 0 Å². The second-order valence-corrected chi connectivity index (χ2v) is 8.65. The summed E-state index contributed by atoms with van der Waals surface area (Å²) < 4.78 is 5.56. The maximum absolute atomic E-state index is 13.1. The maximum Gasteiger partial charge on any atom is 0.335 e. The number of hydrogen-bond donors (Lipinski definition) is 2. The topological polar surface area (TPSA) is 105 Å². The van der Waals surface area contributed by atoms with Crippen LogP contribution in [-0.2, 0) is 14.4 Å². The van der Waals surface area contributed by atoms with Gasteiger partial charge in [0, 0.05) is 5.69 Å². The quantitative estimate of drug-likeness (QED) is 0.350. The minimum Gasteiger partial charge on any atom is -0.484 e. The molecule has 0 saturated carbocycles. The molecule has 1 aliphatic rings. The first-order valence-corrected chi connectivity index (χ1v) is 11.4. The molecule has 5 amide bonds. The van der Waals surface area contributed by atoms with Crippen LogP contribution in [0.3, 0.4) is 0 Å². The Morgan fingerprint density at radius 3 is 2.47 bits per heavy atom. The maximum atomic E-state index is 13.1. The molecule has 0 radical (unpaired) electrons. The third-order valence-corrected chi connectivity index (χ3v) is 5.88. The molecule has 0 spiro atoms. The number of imide groups is 2. The van der Waals surface area contributed by atoms with Crippen LogP contribution in [-0.4, -0.2) is 30.4 Å². The van der Waals surface area contributed by atoms with Crippen LogP contribution in [0.2, 0.25) is 10.0 Å². The van der Waals surface area contributed by atoms with Gasteiger partial charge in [-0.2, -0.15) is 0 Å². The third-order valence-electron chi connectivity index (χ3n) is 5.14. The number of carbonyl (C=O) groups excluding carboxylic acids is 4. The van der Waals surface area contributed by atoms with Crippen molar-refractivity contribution in [3.63, 3.8) is 0 Å². The van der Waals surface area contributed by atoms with E-state index in [4.69, 9.17) is 27.9 Å². The average molecular weight is 524 g/mol. The molecule has 0 bridgehead atoms. The Hall–Kier alpha value is -4.14. The normalized spacial score (nSPS) is 14.6.